The molecule has 1 fully saturated rings. The van der Waals surface area contributed by atoms with E-state index in [0.29, 0.717) is 32.8 Å². The van der Waals surface area contributed by atoms with Gasteiger partial charge in [-0.25, -0.2) is 9.18 Å². The molecule has 0 N–H and O–H groups in total. The second-order valence-corrected chi connectivity index (χ2v) is 8.18. The number of nitrogens with zero attached hydrogens (tertiary/aromatic N) is 1. The molecule has 4 rings (SSSR count). The molecule has 0 aliphatic carbocycles. The number of hydrogen-bond donors (Lipinski definition) is 0. The summed E-state index contributed by atoms with van der Waals surface area (Å²) in [5.41, 5.74) is 1.01. The number of carbonyl (C=O) groups excluding carboxylic acids is 2. The van der Waals surface area contributed by atoms with Gasteiger partial charge in [-0.15, -0.1) is 0 Å². The van der Waals surface area contributed by atoms with Crippen molar-refractivity contribution in [3.8, 4) is 11.5 Å². The van der Waals surface area contributed by atoms with Gasteiger partial charge in [0.15, 0.2) is 15.8 Å². The highest BCUT2D eigenvalue weighted by Gasteiger charge is 2.33. The number of furan rings is 1. The maximum Gasteiger partial charge on any atom is 0.379 e. The molecule has 2 heterocycles. The van der Waals surface area contributed by atoms with E-state index in [1.54, 1.807) is 43.3 Å². The minimum atomic E-state index is -0.653. The van der Waals surface area contributed by atoms with Crippen molar-refractivity contribution in [3.05, 3.63) is 82.9 Å². The van der Waals surface area contributed by atoms with Gasteiger partial charge in [-0.1, -0.05) is 36.1 Å². The first-order chi connectivity index (χ1) is 15.5. The maximum atomic E-state index is 13.6. The van der Waals surface area contributed by atoms with E-state index in [2.05, 4.69) is 0 Å². The highest BCUT2D eigenvalue weighted by molar-refractivity contribution is 8.27. The van der Waals surface area contributed by atoms with E-state index in [1.807, 2.05) is 0 Å². The molecule has 1 aliphatic heterocycles. The number of thioether (sulfide) groups is 1. The number of amides is 1. The Kier molecular flexibility index (Phi) is 6.38. The average Bonchev–Trinajstić information content (AvgIpc) is 3.39. The number of ether oxygens (including phenoxy) is 2. The molecule has 1 aromatic heterocycles. The quantitative estimate of drug-likeness (QED) is 0.206. The molecule has 0 bridgehead atoms. The van der Waals surface area contributed by atoms with E-state index in [0.717, 1.165) is 11.8 Å². The molecule has 0 spiro atoms. The number of halogens is 1. The number of thiocarbonyl (C=S) groups is 1. The van der Waals surface area contributed by atoms with Gasteiger partial charge in [-0.2, -0.15) is 0 Å². The second-order valence-electron chi connectivity index (χ2n) is 6.50. The zero-order valence-electron chi connectivity index (χ0n) is 16.7. The van der Waals surface area contributed by atoms with Crippen LogP contribution in [0.5, 0.6) is 11.5 Å². The molecule has 162 valence electrons. The van der Waals surface area contributed by atoms with Crippen LogP contribution in [0, 0.1) is 5.82 Å². The predicted octanol–water partition coefficient (Wildman–Crippen LogP) is 5.44. The minimum Gasteiger partial charge on any atom is -0.490 e. The number of benzene rings is 2. The van der Waals surface area contributed by atoms with Crippen molar-refractivity contribution in [1.29, 1.82) is 0 Å². The molecule has 1 aliphatic rings. The average molecular weight is 470 g/mol. The number of rotatable bonds is 6. The van der Waals surface area contributed by atoms with Gasteiger partial charge >= 0.3 is 5.97 Å². The molecule has 1 saturated heterocycles. The Hall–Kier alpha value is -3.43. The molecule has 3 aromatic rings. The van der Waals surface area contributed by atoms with Crippen molar-refractivity contribution >= 4 is 51.9 Å². The van der Waals surface area contributed by atoms with Crippen LogP contribution in [-0.4, -0.2) is 22.8 Å². The lowest BCUT2D eigenvalue weighted by atomic mass is 10.1. The number of carbonyl (C=O) groups is 2. The largest absolute Gasteiger partial charge is 0.490 e. The summed E-state index contributed by atoms with van der Waals surface area (Å²) < 4.78 is 29.9. The van der Waals surface area contributed by atoms with Crippen molar-refractivity contribution in [1.82, 2.24) is 0 Å². The Morgan fingerprint density at radius 3 is 2.75 bits per heavy atom. The monoisotopic (exact) mass is 469 g/mol. The lowest BCUT2D eigenvalue weighted by Gasteiger charge is -2.14. The van der Waals surface area contributed by atoms with E-state index in [1.165, 1.54) is 35.4 Å². The third-order valence-electron chi connectivity index (χ3n) is 4.35. The predicted molar refractivity (Wildman–Crippen MR) is 123 cm³/mol. The van der Waals surface area contributed by atoms with Crippen LogP contribution in [0.2, 0.25) is 0 Å². The topological polar surface area (TPSA) is 69.0 Å². The molecule has 0 atom stereocenters. The molecule has 32 heavy (non-hydrogen) atoms. The van der Waals surface area contributed by atoms with Crippen LogP contribution in [0.25, 0.3) is 6.08 Å². The van der Waals surface area contributed by atoms with E-state index in [4.69, 9.17) is 26.1 Å². The summed E-state index contributed by atoms with van der Waals surface area (Å²) in [6, 6.07) is 13.7. The molecule has 2 aromatic carbocycles. The summed E-state index contributed by atoms with van der Waals surface area (Å²) in [4.78, 5) is 26.8. The van der Waals surface area contributed by atoms with E-state index < -0.39 is 11.8 Å². The van der Waals surface area contributed by atoms with E-state index in [9.17, 15) is 14.0 Å². The summed E-state index contributed by atoms with van der Waals surface area (Å²) >= 11 is 6.44. The van der Waals surface area contributed by atoms with Crippen LogP contribution in [0.15, 0.2) is 70.2 Å². The highest BCUT2D eigenvalue weighted by Crippen LogP contribution is 2.37. The molecule has 0 saturated carbocycles. The van der Waals surface area contributed by atoms with Gasteiger partial charge < -0.3 is 13.9 Å². The van der Waals surface area contributed by atoms with Crippen molar-refractivity contribution in [2.45, 2.75) is 6.92 Å². The van der Waals surface area contributed by atoms with Crippen LogP contribution in [0.1, 0.15) is 23.0 Å². The Bertz CT molecular complexity index is 1220. The number of hydrogen-bond acceptors (Lipinski definition) is 7. The lowest BCUT2D eigenvalue weighted by molar-refractivity contribution is -0.113. The maximum absolute atomic E-state index is 13.6. The molecule has 0 radical (unpaired) electrons. The first kappa shape index (κ1) is 21.8. The molecule has 1 amide bonds. The van der Waals surface area contributed by atoms with Crippen molar-refractivity contribution < 1.29 is 27.9 Å². The van der Waals surface area contributed by atoms with E-state index in [-0.39, 0.29) is 17.4 Å². The van der Waals surface area contributed by atoms with Gasteiger partial charge in [0.25, 0.3) is 5.91 Å². The first-order valence-corrected chi connectivity index (χ1v) is 10.7. The first-order valence-electron chi connectivity index (χ1n) is 9.52. The zero-order valence-corrected chi connectivity index (χ0v) is 18.4. The highest BCUT2D eigenvalue weighted by atomic mass is 32.2. The van der Waals surface area contributed by atoms with Gasteiger partial charge in [0.05, 0.1) is 23.5 Å². The van der Waals surface area contributed by atoms with Gasteiger partial charge in [0, 0.05) is 0 Å². The van der Waals surface area contributed by atoms with Crippen LogP contribution >= 0.6 is 24.0 Å². The Labute approximate surface area is 192 Å². The van der Waals surface area contributed by atoms with Gasteiger partial charge in [-0.05, 0) is 61.0 Å². The van der Waals surface area contributed by atoms with Crippen LogP contribution < -0.4 is 14.4 Å². The van der Waals surface area contributed by atoms with Gasteiger partial charge in [-0.3, -0.25) is 9.69 Å². The third-order valence-corrected chi connectivity index (χ3v) is 5.65. The smallest absolute Gasteiger partial charge is 0.379 e. The molecule has 9 heteroatoms. The van der Waals surface area contributed by atoms with Crippen LogP contribution in [-0.2, 0) is 4.79 Å². The number of anilines is 1. The van der Waals surface area contributed by atoms with Crippen LogP contribution in [0.4, 0.5) is 10.1 Å². The fraction of sp³-hybridized carbons (Fsp3) is 0.0870. The van der Waals surface area contributed by atoms with Gasteiger partial charge in [0.2, 0.25) is 5.76 Å². The second kappa shape index (κ2) is 9.37. The van der Waals surface area contributed by atoms with Crippen LogP contribution in [0.3, 0.4) is 0 Å². The summed E-state index contributed by atoms with van der Waals surface area (Å²) in [5.74, 6) is -0.838. The van der Waals surface area contributed by atoms with E-state index >= 15 is 0 Å². The minimum absolute atomic E-state index is 0.0672. The standard InChI is InChI=1S/C23H16FNO5S2/c1-2-28-19-11-14(8-9-17(19)30-22(27)18-7-4-10-29-18)12-20-21(26)25(23(31)32-20)16-6-3-5-15(24)13-16/h3-13H,2H2,1H3/b20-12-. The normalized spacial score (nSPS) is 14.8. The molecular formula is C23H16FNO5S2. The lowest BCUT2D eigenvalue weighted by Crippen LogP contribution is -2.27. The fourth-order valence-corrected chi connectivity index (χ4v) is 4.27. The van der Waals surface area contributed by atoms with Crippen molar-refractivity contribution in [3.63, 3.8) is 0 Å². The summed E-state index contributed by atoms with van der Waals surface area (Å²) in [7, 11) is 0. The van der Waals surface area contributed by atoms with Crippen molar-refractivity contribution in [2.75, 3.05) is 11.5 Å². The zero-order chi connectivity index (χ0) is 22.7. The molecule has 0 unspecified atom stereocenters. The SMILES string of the molecule is CCOc1cc(/C=C2\SC(=S)N(c3cccc(F)c3)C2=O)ccc1OC(=O)c1ccco1. The molecular weight excluding hydrogens is 453 g/mol. The Morgan fingerprint density at radius 2 is 2.03 bits per heavy atom. The Balaban J connectivity index is 1.59. The summed E-state index contributed by atoms with van der Waals surface area (Å²) in [6.07, 6.45) is 3.03. The summed E-state index contributed by atoms with van der Waals surface area (Å²) in [5, 5.41) is 0. The number of esters is 1. The summed E-state index contributed by atoms with van der Waals surface area (Å²) in [6.45, 7) is 2.14. The Morgan fingerprint density at radius 1 is 1.19 bits per heavy atom. The van der Waals surface area contributed by atoms with Crippen molar-refractivity contribution in [2.24, 2.45) is 0 Å². The van der Waals surface area contributed by atoms with Gasteiger partial charge in [0.1, 0.15) is 5.82 Å². The fourth-order valence-electron chi connectivity index (χ4n) is 2.97. The third kappa shape index (κ3) is 4.58. The molecule has 6 nitrogen and oxygen atoms in total.